The van der Waals surface area contributed by atoms with Gasteiger partial charge in [-0.25, -0.2) is 9.50 Å². The van der Waals surface area contributed by atoms with E-state index in [2.05, 4.69) is 65.4 Å². The standard InChI is InChI=1S/C21H27N5O/c1-14-7-6-8-17(11-14)21(4,5)12-22-19(27)10-9-18-15(2)25-20-23-13-24-26(20)16(18)3/h6-8,11,13H,9-10,12H2,1-5H3,(H,22,27). The van der Waals surface area contributed by atoms with Gasteiger partial charge in [0.05, 0.1) is 0 Å². The lowest BCUT2D eigenvalue weighted by Crippen LogP contribution is -2.36. The summed E-state index contributed by atoms with van der Waals surface area (Å²) < 4.78 is 1.72. The number of nitrogens with one attached hydrogen (secondary N) is 1. The van der Waals surface area contributed by atoms with Crippen LogP contribution in [0.2, 0.25) is 0 Å². The lowest BCUT2D eigenvalue weighted by molar-refractivity contribution is -0.121. The topological polar surface area (TPSA) is 72.2 Å². The van der Waals surface area contributed by atoms with Gasteiger partial charge in [0.25, 0.3) is 5.78 Å². The highest BCUT2D eigenvalue weighted by Gasteiger charge is 2.21. The third-order valence-electron chi connectivity index (χ3n) is 5.12. The Morgan fingerprint density at radius 1 is 1.22 bits per heavy atom. The summed E-state index contributed by atoms with van der Waals surface area (Å²) in [6.07, 6.45) is 2.56. The van der Waals surface area contributed by atoms with Gasteiger partial charge in [-0.3, -0.25) is 4.79 Å². The van der Waals surface area contributed by atoms with Gasteiger partial charge in [-0.2, -0.15) is 10.1 Å². The summed E-state index contributed by atoms with van der Waals surface area (Å²) in [5.74, 6) is 0.645. The normalized spacial score (nSPS) is 11.7. The highest BCUT2D eigenvalue weighted by molar-refractivity contribution is 5.76. The molecule has 0 aliphatic heterocycles. The Kier molecular flexibility index (Phi) is 5.26. The van der Waals surface area contributed by atoms with Crippen molar-refractivity contribution in [1.82, 2.24) is 24.9 Å². The zero-order valence-corrected chi connectivity index (χ0v) is 16.7. The summed E-state index contributed by atoms with van der Waals surface area (Å²) in [7, 11) is 0. The molecule has 3 rings (SSSR count). The maximum atomic E-state index is 12.4. The van der Waals surface area contributed by atoms with Gasteiger partial charge in [0.15, 0.2) is 0 Å². The summed E-state index contributed by atoms with van der Waals surface area (Å²) in [5, 5.41) is 7.29. The average Bonchev–Trinajstić information content (AvgIpc) is 3.08. The minimum atomic E-state index is -0.116. The van der Waals surface area contributed by atoms with Crippen LogP contribution in [0.25, 0.3) is 5.78 Å². The molecule has 0 bridgehead atoms. The van der Waals surface area contributed by atoms with E-state index in [4.69, 9.17) is 0 Å². The van der Waals surface area contributed by atoms with Gasteiger partial charge in [-0.15, -0.1) is 0 Å². The van der Waals surface area contributed by atoms with Crippen LogP contribution in [0.4, 0.5) is 0 Å². The molecule has 3 aromatic rings. The van der Waals surface area contributed by atoms with Crippen molar-refractivity contribution in [3.63, 3.8) is 0 Å². The van der Waals surface area contributed by atoms with E-state index in [0.717, 1.165) is 17.0 Å². The van der Waals surface area contributed by atoms with E-state index in [0.29, 0.717) is 25.2 Å². The van der Waals surface area contributed by atoms with Crippen LogP contribution in [-0.2, 0) is 16.6 Å². The highest BCUT2D eigenvalue weighted by atomic mass is 16.1. The molecular weight excluding hydrogens is 338 g/mol. The number of fused-ring (bicyclic) bond motifs is 1. The Balaban J connectivity index is 1.62. The first-order valence-electron chi connectivity index (χ1n) is 9.27. The minimum absolute atomic E-state index is 0.0493. The fraction of sp³-hybridized carbons (Fsp3) is 0.429. The van der Waals surface area contributed by atoms with E-state index in [1.54, 1.807) is 4.52 Å². The van der Waals surface area contributed by atoms with E-state index in [-0.39, 0.29) is 11.3 Å². The van der Waals surface area contributed by atoms with Crippen LogP contribution in [0.5, 0.6) is 0 Å². The van der Waals surface area contributed by atoms with Crippen LogP contribution in [0.3, 0.4) is 0 Å². The fourth-order valence-corrected chi connectivity index (χ4v) is 3.33. The van der Waals surface area contributed by atoms with Crippen molar-refractivity contribution < 1.29 is 4.79 Å². The monoisotopic (exact) mass is 365 g/mol. The predicted octanol–water partition coefficient (Wildman–Crippen LogP) is 3.08. The number of nitrogens with zero attached hydrogens (tertiary/aromatic N) is 4. The summed E-state index contributed by atoms with van der Waals surface area (Å²) in [6.45, 7) is 10.9. The first kappa shape index (κ1) is 19.0. The maximum Gasteiger partial charge on any atom is 0.252 e. The summed E-state index contributed by atoms with van der Waals surface area (Å²) >= 11 is 0. The van der Waals surface area contributed by atoms with Gasteiger partial charge in [-0.05, 0) is 38.3 Å². The van der Waals surface area contributed by atoms with Gasteiger partial charge in [0, 0.05) is 29.8 Å². The molecule has 2 heterocycles. The molecule has 0 saturated carbocycles. The molecule has 1 N–H and O–H groups in total. The van der Waals surface area contributed by atoms with Crippen molar-refractivity contribution in [1.29, 1.82) is 0 Å². The molecule has 0 aliphatic rings. The molecule has 6 nitrogen and oxygen atoms in total. The Hall–Kier alpha value is -2.76. The summed E-state index contributed by atoms with van der Waals surface area (Å²) in [4.78, 5) is 21.0. The number of carbonyl (C=O) groups excluding carboxylic acids is 1. The van der Waals surface area contributed by atoms with Crippen molar-refractivity contribution >= 4 is 11.7 Å². The SMILES string of the molecule is Cc1cccc(C(C)(C)CNC(=O)CCc2c(C)nc3ncnn3c2C)c1. The van der Waals surface area contributed by atoms with Crippen molar-refractivity contribution in [3.05, 3.63) is 58.7 Å². The minimum Gasteiger partial charge on any atom is -0.355 e. The molecule has 1 amide bonds. The van der Waals surface area contributed by atoms with Gasteiger partial charge in [-0.1, -0.05) is 43.7 Å². The largest absolute Gasteiger partial charge is 0.355 e. The number of rotatable bonds is 6. The quantitative estimate of drug-likeness (QED) is 0.729. The second kappa shape index (κ2) is 7.47. The number of benzene rings is 1. The molecule has 1 aromatic carbocycles. The van der Waals surface area contributed by atoms with E-state index >= 15 is 0 Å². The molecular formula is C21H27N5O. The molecule has 0 spiro atoms. The van der Waals surface area contributed by atoms with Gasteiger partial charge < -0.3 is 5.32 Å². The molecule has 2 aromatic heterocycles. The number of aromatic nitrogens is 4. The predicted molar refractivity (Wildman–Crippen MR) is 106 cm³/mol. The molecule has 0 radical (unpaired) electrons. The maximum absolute atomic E-state index is 12.4. The Morgan fingerprint density at radius 2 is 2.00 bits per heavy atom. The first-order chi connectivity index (χ1) is 12.8. The number of hydrogen-bond donors (Lipinski definition) is 1. The average molecular weight is 365 g/mol. The molecule has 142 valence electrons. The molecule has 27 heavy (non-hydrogen) atoms. The Morgan fingerprint density at radius 3 is 2.74 bits per heavy atom. The summed E-state index contributed by atoms with van der Waals surface area (Å²) in [6, 6.07) is 8.44. The van der Waals surface area contributed by atoms with Crippen molar-refractivity contribution in [2.75, 3.05) is 6.54 Å². The lowest BCUT2D eigenvalue weighted by atomic mass is 9.84. The third-order valence-corrected chi connectivity index (χ3v) is 5.12. The van der Waals surface area contributed by atoms with Crippen molar-refractivity contribution in [3.8, 4) is 0 Å². The zero-order chi connectivity index (χ0) is 19.6. The zero-order valence-electron chi connectivity index (χ0n) is 16.7. The molecule has 0 atom stereocenters. The van der Waals surface area contributed by atoms with Crippen molar-refractivity contribution in [2.45, 2.75) is 52.9 Å². The molecule has 0 aliphatic carbocycles. The first-order valence-corrected chi connectivity index (χ1v) is 9.27. The molecule has 0 fully saturated rings. The van der Waals surface area contributed by atoms with Crippen LogP contribution in [0.1, 0.15) is 48.3 Å². The van der Waals surface area contributed by atoms with E-state index in [1.807, 2.05) is 13.8 Å². The van der Waals surface area contributed by atoms with Crippen LogP contribution < -0.4 is 5.32 Å². The van der Waals surface area contributed by atoms with Crippen LogP contribution in [-0.4, -0.2) is 32.0 Å². The second-order valence-electron chi connectivity index (χ2n) is 7.76. The fourth-order valence-electron chi connectivity index (χ4n) is 3.33. The highest BCUT2D eigenvalue weighted by Crippen LogP contribution is 2.23. The second-order valence-corrected chi connectivity index (χ2v) is 7.76. The Labute approximate surface area is 160 Å². The number of hydrogen-bond acceptors (Lipinski definition) is 4. The Bertz CT molecular complexity index is 974. The third kappa shape index (κ3) is 4.15. The van der Waals surface area contributed by atoms with E-state index in [9.17, 15) is 4.79 Å². The number of aryl methyl sites for hydroxylation is 3. The van der Waals surface area contributed by atoms with Gasteiger partial charge >= 0.3 is 0 Å². The number of amides is 1. The number of carbonyl (C=O) groups is 1. The van der Waals surface area contributed by atoms with Crippen LogP contribution in [0, 0.1) is 20.8 Å². The summed E-state index contributed by atoms with van der Waals surface area (Å²) in [5.41, 5.74) is 5.29. The van der Waals surface area contributed by atoms with E-state index < -0.39 is 0 Å². The van der Waals surface area contributed by atoms with Crippen molar-refractivity contribution in [2.24, 2.45) is 0 Å². The lowest BCUT2D eigenvalue weighted by Gasteiger charge is -2.26. The van der Waals surface area contributed by atoms with Crippen LogP contribution >= 0.6 is 0 Å². The molecule has 0 unspecified atom stereocenters. The van der Waals surface area contributed by atoms with Gasteiger partial charge in [0.1, 0.15) is 6.33 Å². The smallest absolute Gasteiger partial charge is 0.252 e. The molecule has 6 heteroatoms. The molecule has 0 saturated heterocycles. The van der Waals surface area contributed by atoms with Gasteiger partial charge in [0.2, 0.25) is 5.91 Å². The van der Waals surface area contributed by atoms with E-state index in [1.165, 1.54) is 17.5 Å². The van der Waals surface area contributed by atoms with Crippen LogP contribution in [0.15, 0.2) is 30.6 Å².